The van der Waals surface area contributed by atoms with Gasteiger partial charge in [0.1, 0.15) is 5.69 Å². The second-order valence-corrected chi connectivity index (χ2v) is 4.31. The Balaban J connectivity index is 2.36. The van der Waals surface area contributed by atoms with Crippen molar-refractivity contribution in [2.24, 2.45) is 0 Å². The molecule has 2 rings (SSSR count). The summed E-state index contributed by atoms with van der Waals surface area (Å²) in [6.45, 7) is 0.0634. The molecule has 0 bridgehead atoms. The Morgan fingerprint density at radius 1 is 1.47 bits per heavy atom. The van der Waals surface area contributed by atoms with E-state index in [1.165, 1.54) is 16.8 Å². The van der Waals surface area contributed by atoms with Crippen molar-refractivity contribution in [2.75, 3.05) is 6.61 Å². The minimum absolute atomic E-state index is 0.0634. The van der Waals surface area contributed by atoms with E-state index in [0.29, 0.717) is 24.2 Å². The van der Waals surface area contributed by atoms with Crippen LogP contribution in [0, 0.1) is 10.1 Å². The summed E-state index contributed by atoms with van der Waals surface area (Å²) in [6.07, 6.45) is 2.74. The van der Waals surface area contributed by atoms with E-state index in [1.54, 1.807) is 12.3 Å². The van der Waals surface area contributed by atoms with Crippen LogP contribution in [-0.4, -0.2) is 31.6 Å². The van der Waals surface area contributed by atoms with E-state index in [0.717, 1.165) is 0 Å². The summed E-state index contributed by atoms with van der Waals surface area (Å²) in [4.78, 5) is 10.5. The second-order valence-electron chi connectivity index (χ2n) is 3.87. The minimum atomic E-state index is -0.518. The molecular weight excluding hydrogens is 272 g/mol. The van der Waals surface area contributed by atoms with Gasteiger partial charge < -0.3 is 5.11 Å². The molecular formula is C11H11ClN4O3. The van der Waals surface area contributed by atoms with Crippen LogP contribution < -0.4 is 0 Å². The first-order chi connectivity index (χ1) is 9.11. The SMILES string of the molecule is O=[N+]([O-])c1cc(Cl)ccc1-n1cc(CCCO)nn1. The first-order valence-corrected chi connectivity index (χ1v) is 5.96. The first kappa shape index (κ1) is 13.4. The van der Waals surface area contributed by atoms with Gasteiger partial charge in [0.15, 0.2) is 0 Å². The highest BCUT2D eigenvalue weighted by atomic mass is 35.5. The van der Waals surface area contributed by atoms with E-state index in [-0.39, 0.29) is 17.3 Å². The summed E-state index contributed by atoms with van der Waals surface area (Å²) in [5.41, 5.74) is 0.835. The topological polar surface area (TPSA) is 94.1 Å². The van der Waals surface area contributed by atoms with Crippen LogP contribution in [-0.2, 0) is 6.42 Å². The van der Waals surface area contributed by atoms with Crippen LogP contribution in [0.3, 0.4) is 0 Å². The fourth-order valence-corrected chi connectivity index (χ4v) is 1.79. The van der Waals surface area contributed by atoms with Gasteiger partial charge in [-0.15, -0.1) is 5.10 Å². The first-order valence-electron chi connectivity index (χ1n) is 5.58. The van der Waals surface area contributed by atoms with Crippen molar-refractivity contribution in [1.29, 1.82) is 0 Å². The quantitative estimate of drug-likeness (QED) is 0.666. The summed E-state index contributed by atoms with van der Waals surface area (Å²) < 4.78 is 1.33. The number of hydrogen-bond donors (Lipinski definition) is 1. The number of benzene rings is 1. The number of aliphatic hydroxyl groups excluding tert-OH is 1. The van der Waals surface area contributed by atoms with Crippen LogP contribution in [0.1, 0.15) is 12.1 Å². The lowest BCUT2D eigenvalue weighted by Gasteiger charge is -2.01. The number of aromatic nitrogens is 3. The smallest absolute Gasteiger partial charge is 0.296 e. The molecule has 0 amide bonds. The van der Waals surface area contributed by atoms with Gasteiger partial charge >= 0.3 is 0 Å². The second kappa shape index (κ2) is 5.77. The highest BCUT2D eigenvalue weighted by molar-refractivity contribution is 6.30. The van der Waals surface area contributed by atoms with Crippen LogP contribution in [0.2, 0.25) is 5.02 Å². The normalized spacial score (nSPS) is 10.6. The molecule has 1 heterocycles. The van der Waals surface area contributed by atoms with E-state index < -0.39 is 4.92 Å². The van der Waals surface area contributed by atoms with Crippen molar-refractivity contribution >= 4 is 17.3 Å². The van der Waals surface area contributed by atoms with Gasteiger partial charge in [-0.3, -0.25) is 10.1 Å². The van der Waals surface area contributed by atoms with Gasteiger partial charge in [-0.05, 0) is 25.0 Å². The standard InChI is InChI=1S/C11H11ClN4O3/c12-8-3-4-10(11(6-8)16(18)19)15-7-9(13-14-15)2-1-5-17/h3-4,6-7,17H,1-2,5H2. The summed E-state index contributed by atoms with van der Waals surface area (Å²) in [7, 11) is 0. The van der Waals surface area contributed by atoms with Crippen LogP contribution in [0.15, 0.2) is 24.4 Å². The molecule has 100 valence electrons. The van der Waals surface area contributed by atoms with Crippen molar-refractivity contribution in [3.8, 4) is 5.69 Å². The Bertz CT molecular complexity index is 599. The number of nitro groups is 1. The molecule has 2 aromatic rings. The Kier molecular flexibility index (Phi) is 4.08. The molecule has 7 nitrogen and oxygen atoms in total. The number of aryl methyl sites for hydroxylation is 1. The van der Waals surface area contributed by atoms with Crippen molar-refractivity contribution in [3.05, 3.63) is 45.2 Å². The molecule has 0 aliphatic rings. The molecule has 1 aromatic carbocycles. The molecule has 0 aliphatic heterocycles. The van der Waals surface area contributed by atoms with Gasteiger partial charge in [-0.1, -0.05) is 16.8 Å². The lowest BCUT2D eigenvalue weighted by atomic mass is 10.2. The van der Waals surface area contributed by atoms with Gasteiger partial charge in [0.05, 0.1) is 16.8 Å². The van der Waals surface area contributed by atoms with Gasteiger partial charge in [0.2, 0.25) is 0 Å². The summed E-state index contributed by atoms with van der Waals surface area (Å²) in [6, 6.07) is 4.34. The maximum absolute atomic E-state index is 11.0. The zero-order valence-electron chi connectivity index (χ0n) is 9.86. The van der Waals surface area contributed by atoms with Gasteiger partial charge in [0, 0.05) is 17.7 Å². The molecule has 0 saturated heterocycles. The van der Waals surface area contributed by atoms with Gasteiger partial charge in [-0.2, -0.15) is 0 Å². The number of aliphatic hydroxyl groups is 1. The van der Waals surface area contributed by atoms with Crippen molar-refractivity contribution < 1.29 is 10.0 Å². The largest absolute Gasteiger partial charge is 0.396 e. The third-order valence-corrected chi connectivity index (χ3v) is 2.75. The third-order valence-electron chi connectivity index (χ3n) is 2.51. The Morgan fingerprint density at radius 3 is 2.95 bits per heavy atom. The summed E-state index contributed by atoms with van der Waals surface area (Å²) in [5, 5.41) is 27.8. The maximum Gasteiger partial charge on any atom is 0.296 e. The summed E-state index contributed by atoms with van der Waals surface area (Å²) in [5.74, 6) is 0. The van der Waals surface area contributed by atoms with Crippen LogP contribution in [0.5, 0.6) is 0 Å². The number of hydrogen-bond acceptors (Lipinski definition) is 5. The number of rotatable bonds is 5. The molecule has 1 aromatic heterocycles. The van der Waals surface area contributed by atoms with E-state index in [4.69, 9.17) is 16.7 Å². The van der Waals surface area contributed by atoms with Gasteiger partial charge in [0.25, 0.3) is 5.69 Å². The molecule has 0 unspecified atom stereocenters. The number of halogens is 1. The fraction of sp³-hybridized carbons (Fsp3) is 0.273. The Morgan fingerprint density at radius 2 is 2.26 bits per heavy atom. The van der Waals surface area contributed by atoms with Crippen molar-refractivity contribution in [2.45, 2.75) is 12.8 Å². The van der Waals surface area contributed by atoms with E-state index in [1.807, 2.05) is 0 Å². The highest BCUT2D eigenvalue weighted by Gasteiger charge is 2.17. The minimum Gasteiger partial charge on any atom is -0.396 e. The molecule has 0 radical (unpaired) electrons. The van der Waals surface area contributed by atoms with Crippen LogP contribution in [0.4, 0.5) is 5.69 Å². The lowest BCUT2D eigenvalue weighted by molar-refractivity contribution is -0.384. The Hall–Kier alpha value is -1.99. The van der Waals surface area contributed by atoms with Crippen LogP contribution in [0.25, 0.3) is 5.69 Å². The monoisotopic (exact) mass is 282 g/mol. The zero-order chi connectivity index (χ0) is 13.8. The number of nitro benzene ring substituents is 1. The molecule has 19 heavy (non-hydrogen) atoms. The molecule has 0 fully saturated rings. The average Bonchev–Trinajstić information content (AvgIpc) is 2.84. The van der Waals surface area contributed by atoms with E-state index in [9.17, 15) is 10.1 Å². The number of nitrogens with zero attached hydrogens (tertiary/aromatic N) is 4. The van der Waals surface area contributed by atoms with Crippen molar-refractivity contribution in [1.82, 2.24) is 15.0 Å². The van der Waals surface area contributed by atoms with E-state index >= 15 is 0 Å². The molecule has 0 aliphatic carbocycles. The van der Waals surface area contributed by atoms with E-state index in [2.05, 4.69) is 10.3 Å². The maximum atomic E-state index is 11.0. The fourth-order valence-electron chi connectivity index (χ4n) is 1.63. The zero-order valence-corrected chi connectivity index (χ0v) is 10.6. The molecule has 0 atom stereocenters. The lowest BCUT2D eigenvalue weighted by Crippen LogP contribution is -2.00. The summed E-state index contributed by atoms with van der Waals surface area (Å²) >= 11 is 5.74. The van der Waals surface area contributed by atoms with Gasteiger partial charge in [-0.25, -0.2) is 4.68 Å². The Labute approximate surface area is 113 Å². The molecule has 0 saturated carbocycles. The third kappa shape index (κ3) is 3.07. The average molecular weight is 283 g/mol. The van der Waals surface area contributed by atoms with Crippen LogP contribution >= 0.6 is 11.6 Å². The molecule has 1 N–H and O–H groups in total. The highest BCUT2D eigenvalue weighted by Crippen LogP contribution is 2.26. The predicted octanol–water partition coefficient (Wildman–Crippen LogP) is 1.75. The predicted molar refractivity (Wildman–Crippen MR) is 68.4 cm³/mol. The molecule has 8 heteroatoms. The molecule has 0 spiro atoms. The van der Waals surface area contributed by atoms with Crippen molar-refractivity contribution in [3.63, 3.8) is 0 Å².